The lowest BCUT2D eigenvalue weighted by atomic mass is 10.2. The summed E-state index contributed by atoms with van der Waals surface area (Å²) in [4.78, 5) is 13.0. The van der Waals surface area contributed by atoms with Gasteiger partial charge in [-0.2, -0.15) is 0 Å². The highest BCUT2D eigenvalue weighted by Crippen LogP contribution is 2.41. The Morgan fingerprint density at radius 2 is 1.94 bits per heavy atom. The van der Waals surface area contributed by atoms with Crippen LogP contribution in [0.25, 0.3) is 0 Å². The molecule has 0 spiro atoms. The summed E-state index contributed by atoms with van der Waals surface area (Å²) in [6, 6.07) is 0. The molecular formula is C8H8F2N2O4. The van der Waals surface area contributed by atoms with E-state index in [1.165, 1.54) is 0 Å². The van der Waals surface area contributed by atoms with Gasteiger partial charge >= 0.3 is 5.82 Å². The van der Waals surface area contributed by atoms with Gasteiger partial charge in [0.15, 0.2) is 11.9 Å². The minimum atomic E-state index is -2.85. The van der Waals surface area contributed by atoms with Crippen LogP contribution in [0.5, 0.6) is 11.5 Å². The first-order valence-corrected chi connectivity index (χ1v) is 4.06. The molecule has 0 saturated heterocycles. The van der Waals surface area contributed by atoms with Crippen LogP contribution in [0, 0.1) is 10.1 Å². The summed E-state index contributed by atoms with van der Waals surface area (Å²) >= 11 is 0. The van der Waals surface area contributed by atoms with Crippen molar-refractivity contribution in [2.24, 2.45) is 0 Å². The second kappa shape index (κ2) is 4.69. The summed E-state index contributed by atoms with van der Waals surface area (Å²) in [5.41, 5.74) is -0.551. The lowest BCUT2D eigenvalue weighted by molar-refractivity contribution is -0.390. The molecule has 1 rings (SSSR count). The molecule has 1 aromatic rings. The fourth-order valence-electron chi connectivity index (χ4n) is 1.16. The van der Waals surface area contributed by atoms with Gasteiger partial charge in [0, 0.05) is 0 Å². The number of ether oxygens (including phenoxy) is 2. The van der Waals surface area contributed by atoms with Crippen molar-refractivity contribution in [2.45, 2.75) is 6.43 Å². The quantitative estimate of drug-likeness (QED) is 0.587. The Morgan fingerprint density at radius 3 is 2.31 bits per heavy atom. The van der Waals surface area contributed by atoms with E-state index in [-0.39, 0.29) is 5.75 Å². The predicted octanol–water partition coefficient (Wildman–Crippen LogP) is 1.94. The third-order valence-corrected chi connectivity index (χ3v) is 1.81. The van der Waals surface area contributed by atoms with Crippen molar-refractivity contribution in [3.63, 3.8) is 0 Å². The molecule has 0 N–H and O–H groups in total. The van der Waals surface area contributed by atoms with Crippen LogP contribution in [0.2, 0.25) is 0 Å². The molecule has 0 aliphatic rings. The van der Waals surface area contributed by atoms with Gasteiger partial charge in [0.2, 0.25) is 0 Å². The average Bonchev–Trinajstić information content (AvgIpc) is 2.26. The molecule has 0 saturated carbocycles. The zero-order valence-corrected chi connectivity index (χ0v) is 8.44. The zero-order valence-electron chi connectivity index (χ0n) is 8.44. The summed E-state index contributed by atoms with van der Waals surface area (Å²) < 4.78 is 34.4. The van der Waals surface area contributed by atoms with Gasteiger partial charge < -0.3 is 19.6 Å². The topological polar surface area (TPSA) is 74.5 Å². The maximum atomic E-state index is 12.5. The second-order valence-electron chi connectivity index (χ2n) is 2.66. The van der Waals surface area contributed by atoms with E-state index in [1.807, 2.05) is 0 Å². The molecule has 0 atom stereocenters. The number of methoxy groups -OCH3 is 2. The highest BCUT2D eigenvalue weighted by molar-refractivity contribution is 5.55. The van der Waals surface area contributed by atoms with Crippen LogP contribution in [0.1, 0.15) is 12.0 Å². The predicted molar refractivity (Wildman–Crippen MR) is 49.0 cm³/mol. The number of hydrogen-bond acceptors (Lipinski definition) is 5. The molecule has 0 aliphatic heterocycles. The molecule has 0 radical (unpaired) electrons. The van der Waals surface area contributed by atoms with Gasteiger partial charge in [-0.15, -0.1) is 0 Å². The Hall–Kier alpha value is -1.99. The standard InChI is InChI=1S/C8H8F2N2O4/c1-15-5-4(7(9)10)3-11-8(12(13)14)6(5)16-2/h3,7H,1-2H3. The molecule has 1 aromatic heterocycles. The van der Waals surface area contributed by atoms with Crippen molar-refractivity contribution in [2.75, 3.05) is 14.2 Å². The normalized spacial score (nSPS) is 10.3. The maximum absolute atomic E-state index is 12.5. The van der Waals surface area contributed by atoms with Gasteiger partial charge in [0.25, 0.3) is 12.2 Å². The van der Waals surface area contributed by atoms with Crippen molar-refractivity contribution in [1.82, 2.24) is 4.98 Å². The van der Waals surface area contributed by atoms with Crippen LogP contribution in [-0.2, 0) is 0 Å². The van der Waals surface area contributed by atoms with Crippen LogP contribution in [0.3, 0.4) is 0 Å². The first-order chi connectivity index (χ1) is 7.52. The second-order valence-corrected chi connectivity index (χ2v) is 2.66. The monoisotopic (exact) mass is 234 g/mol. The largest absolute Gasteiger partial charge is 0.492 e. The van der Waals surface area contributed by atoms with Crippen molar-refractivity contribution < 1.29 is 23.2 Å². The smallest absolute Gasteiger partial charge is 0.410 e. The fraction of sp³-hybridized carbons (Fsp3) is 0.375. The van der Waals surface area contributed by atoms with Gasteiger partial charge in [-0.1, -0.05) is 0 Å². The molecule has 0 aromatic carbocycles. The lowest BCUT2D eigenvalue weighted by Crippen LogP contribution is -2.03. The van der Waals surface area contributed by atoms with Crippen molar-refractivity contribution in [3.05, 3.63) is 21.9 Å². The van der Waals surface area contributed by atoms with Crippen molar-refractivity contribution >= 4 is 5.82 Å². The Morgan fingerprint density at radius 1 is 1.38 bits per heavy atom. The minimum Gasteiger partial charge on any atom is -0.492 e. The SMILES string of the molecule is COc1c(C(F)F)cnc([N+](=O)[O-])c1OC. The number of halogens is 2. The molecule has 0 unspecified atom stereocenters. The van der Waals surface area contributed by atoms with E-state index >= 15 is 0 Å². The molecule has 88 valence electrons. The van der Waals surface area contributed by atoms with Gasteiger partial charge in [-0.05, 0) is 9.91 Å². The third-order valence-electron chi connectivity index (χ3n) is 1.81. The molecule has 1 heterocycles. The van der Waals surface area contributed by atoms with Gasteiger partial charge in [0.1, 0.15) is 5.56 Å². The van der Waals surface area contributed by atoms with Crippen molar-refractivity contribution in [1.29, 1.82) is 0 Å². The van der Waals surface area contributed by atoms with E-state index < -0.39 is 28.5 Å². The summed E-state index contributed by atoms with van der Waals surface area (Å²) in [5, 5.41) is 10.5. The average molecular weight is 234 g/mol. The first-order valence-electron chi connectivity index (χ1n) is 4.06. The molecule has 0 aliphatic carbocycles. The summed E-state index contributed by atoms with van der Waals surface area (Å²) in [7, 11) is 2.23. The number of nitro groups is 1. The van der Waals surface area contributed by atoms with Crippen LogP contribution < -0.4 is 9.47 Å². The van der Waals surface area contributed by atoms with Crippen LogP contribution >= 0.6 is 0 Å². The molecule has 8 heteroatoms. The number of nitrogens with zero attached hydrogens (tertiary/aromatic N) is 2. The third kappa shape index (κ3) is 2.00. The van der Waals surface area contributed by atoms with E-state index in [0.29, 0.717) is 6.20 Å². The van der Waals surface area contributed by atoms with Gasteiger partial charge in [-0.25, -0.2) is 8.78 Å². The Bertz CT molecular complexity index is 411. The molecule has 0 fully saturated rings. The van der Waals surface area contributed by atoms with E-state index in [4.69, 9.17) is 0 Å². The van der Waals surface area contributed by atoms with E-state index in [0.717, 1.165) is 14.2 Å². The Labute approximate surface area is 89.0 Å². The number of hydrogen-bond donors (Lipinski definition) is 0. The fourth-order valence-corrected chi connectivity index (χ4v) is 1.16. The molecule has 0 bridgehead atoms. The summed E-state index contributed by atoms with van der Waals surface area (Å²) in [6.45, 7) is 0. The highest BCUT2D eigenvalue weighted by atomic mass is 19.3. The Kier molecular flexibility index (Phi) is 3.54. The van der Waals surface area contributed by atoms with Crippen molar-refractivity contribution in [3.8, 4) is 11.5 Å². The molecule has 6 nitrogen and oxygen atoms in total. The molecular weight excluding hydrogens is 226 g/mol. The number of pyridine rings is 1. The van der Waals surface area contributed by atoms with E-state index in [2.05, 4.69) is 14.5 Å². The van der Waals surface area contributed by atoms with E-state index in [9.17, 15) is 18.9 Å². The van der Waals surface area contributed by atoms with Crippen LogP contribution in [0.4, 0.5) is 14.6 Å². The van der Waals surface area contributed by atoms with Gasteiger partial charge in [0.05, 0.1) is 14.2 Å². The minimum absolute atomic E-state index is 0.376. The maximum Gasteiger partial charge on any atom is 0.410 e. The lowest BCUT2D eigenvalue weighted by Gasteiger charge is -2.10. The zero-order chi connectivity index (χ0) is 12.3. The first kappa shape index (κ1) is 12.1. The summed E-state index contributed by atoms with van der Waals surface area (Å²) in [6.07, 6.45) is -2.15. The molecule has 16 heavy (non-hydrogen) atoms. The van der Waals surface area contributed by atoms with Crippen LogP contribution in [-0.4, -0.2) is 24.1 Å². The number of aromatic nitrogens is 1. The molecule has 0 amide bonds. The number of rotatable bonds is 4. The van der Waals surface area contributed by atoms with Crippen LogP contribution in [0.15, 0.2) is 6.20 Å². The Balaban J connectivity index is 3.46. The highest BCUT2D eigenvalue weighted by Gasteiger charge is 2.28. The van der Waals surface area contributed by atoms with Gasteiger partial charge in [-0.3, -0.25) is 0 Å². The summed E-state index contributed by atoms with van der Waals surface area (Å²) in [5.74, 6) is -1.45. The van der Waals surface area contributed by atoms with E-state index in [1.54, 1.807) is 0 Å². The number of alkyl halides is 2.